The number of hydrogen-bond acceptors (Lipinski definition) is 3. The average molecular weight is 261 g/mol. The lowest BCUT2D eigenvalue weighted by atomic mass is 9.97. The molecule has 0 radical (unpaired) electrons. The Morgan fingerprint density at radius 3 is 3.05 bits per heavy atom. The second kappa shape index (κ2) is 7.49. The summed E-state index contributed by atoms with van der Waals surface area (Å²) in [4.78, 5) is 7.01. The zero-order valence-electron chi connectivity index (χ0n) is 12.4. The second-order valence-electron chi connectivity index (χ2n) is 5.49. The van der Waals surface area contributed by atoms with Crippen LogP contribution in [0.5, 0.6) is 0 Å². The fourth-order valence-corrected chi connectivity index (χ4v) is 3.01. The Bertz CT molecular complexity index is 376. The van der Waals surface area contributed by atoms with Crippen LogP contribution in [0.1, 0.15) is 51.5 Å². The number of nitrogens with one attached hydrogen (secondary N) is 1. The van der Waals surface area contributed by atoms with Crippen molar-refractivity contribution in [2.45, 2.75) is 58.5 Å². The molecule has 1 saturated heterocycles. The number of anilines is 1. The topological polar surface area (TPSA) is 28.2 Å². The van der Waals surface area contributed by atoms with Gasteiger partial charge in [0.25, 0.3) is 0 Å². The Morgan fingerprint density at radius 1 is 1.37 bits per heavy atom. The van der Waals surface area contributed by atoms with Gasteiger partial charge >= 0.3 is 0 Å². The first-order chi connectivity index (χ1) is 9.33. The van der Waals surface area contributed by atoms with Gasteiger partial charge < -0.3 is 5.32 Å². The summed E-state index contributed by atoms with van der Waals surface area (Å²) in [6.07, 6.45) is 8.68. The zero-order chi connectivity index (χ0) is 13.5. The molecule has 1 unspecified atom stereocenters. The molecule has 0 saturated carbocycles. The Hall–Kier alpha value is -1.09. The maximum absolute atomic E-state index is 4.35. The van der Waals surface area contributed by atoms with Gasteiger partial charge in [-0.25, -0.2) is 4.98 Å². The van der Waals surface area contributed by atoms with Crippen molar-refractivity contribution >= 4 is 5.82 Å². The molecule has 1 fully saturated rings. The fourth-order valence-electron chi connectivity index (χ4n) is 3.01. The summed E-state index contributed by atoms with van der Waals surface area (Å²) >= 11 is 0. The highest BCUT2D eigenvalue weighted by Crippen LogP contribution is 2.23. The molecular weight excluding hydrogens is 234 g/mol. The molecule has 3 nitrogen and oxygen atoms in total. The molecule has 0 aromatic carbocycles. The smallest absolute Gasteiger partial charge is 0.126 e. The van der Waals surface area contributed by atoms with E-state index in [1.165, 1.54) is 44.2 Å². The van der Waals surface area contributed by atoms with Crippen LogP contribution >= 0.6 is 0 Å². The molecule has 0 amide bonds. The molecule has 2 rings (SSSR count). The molecule has 1 aliphatic rings. The van der Waals surface area contributed by atoms with Crippen molar-refractivity contribution in [2.75, 3.05) is 18.4 Å². The van der Waals surface area contributed by atoms with E-state index in [0.29, 0.717) is 0 Å². The highest BCUT2D eigenvalue weighted by Gasteiger charge is 2.21. The monoisotopic (exact) mass is 261 g/mol. The number of nitrogens with zero attached hydrogens (tertiary/aromatic N) is 2. The van der Waals surface area contributed by atoms with E-state index in [9.17, 15) is 0 Å². The normalized spacial score (nSPS) is 20.4. The molecular formula is C16H27N3. The first-order valence-electron chi connectivity index (χ1n) is 7.76. The molecule has 3 heteroatoms. The summed E-state index contributed by atoms with van der Waals surface area (Å²) < 4.78 is 0. The lowest BCUT2D eigenvalue weighted by Gasteiger charge is -2.35. The van der Waals surface area contributed by atoms with E-state index >= 15 is 0 Å². The summed E-state index contributed by atoms with van der Waals surface area (Å²) in [6, 6.07) is 5.13. The summed E-state index contributed by atoms with van der Waals surface area (Å²) in [5, 5.41) is 3.29. The fraction of sp³-hybridized carbons (Fsp3) is 0.688. The van der Waals surface area contributed by atoms with Crippen LogP contribution in [-0.2, 0) is 6.54 Å². The van der Waals surface area contributed by atoms with E-state index in [0.717, 1.165) is 24.9 Å². The van der Waals surface area contributed by atoms with Crippen LogP contribution in [0.15, 0.2) is 18.3 Å². The molecule has 0 aliphatic carbocycles. The van der Waals surface area contributed by atoms with Gasteiger partial charge in [0.15, 0.2) is 0 Å². The number of aromatic nitrogens is 1. The van der Waals surface area contributed by atoms with Crippen LogP contribution in [0.2, 0.25) is 0 Å². The van der Waals surface area contributed by atoms with Crippen LogP contribution in [0.25, 0.3) is 0 Å². The zero-order valence-corrected chi connectivity index (χ0v) is 12.4. The Kier molecular flexibility index (Phi) is 5.64. The minimum atomic E-state index is 0.787. The maximum atomic E-state index is 4.35. The van der Waals surface area contributed by atoms with E-state index in [1.54, 1.807) is 0 Å². The summed E-state index contributed by atoms with van der Waals surface area (Å²) in [7, 11) is 0. The first kappa shape index (κ1) is 14.3. The van der Waals surface area contributed by atoms with E-state index < -0.39 is 0 Å². The van der Waals surface area contributed by atoms with Gasteiger partial charge in [-0.3, -0.25) is 4.90 Å². The van der Waals surface area contributed by atoms with Crippen LogP contribution in [-0.4, -0.2) is 29.0 Å². The lowest BCUT2D eigenvalue weighted by Crippen LogP contribution is -2.38. The van der Waals surface area contributed by atoms with Crippen LogP contribution in [0, 0.1) is 0 Å². The molecule has 0 bridgehead atoms. The molecule has 2 heterocycles. The third kappa shape index (κ3) is 4.20. The molecule has 0 spiro atoms. The Balaban J connectivity index is 1.99. The molecule has 1 atom stereocenters. The standard InChI is InChI=1S/C16H27N3/c1-3-7-15-8-5-6-11-19(15)13-14-9-10-18-16(12-14)17-4-2/h9-10,12,15H,3-8,11,13H2,1-2H3,(H,17,18). The number of pyridine rings is 1. The van der Waals surface area contributed by atoms with Gasteiger partial charge in [0, 0.05) is 25.3 Å². The van der Waals surface area contributed by atoms with Gasteiger partial charge in [-0.15, -0.1) is 0 Å². The van der Waals surface area contributed by atoms with Crippen LogP contribution in [0.4, 0.5) is 5.82 Å². The quantitative estimate of drug-likeness (QED) is 0.847. The van der Waals surface area contributed by atoms with Crippen LogP contribution in [0.3, 0.4) is 0 Å². The van der Waals surface area contributed by atoms with E-state index in [2.05, 4.69) is 41.2 Å². The first-order valence-corrected chi connectivity index (χ1v) is 7.76. The largest absolute Gasteiger partial charge is 0.370 e. The van der Waals surface area contributed by atoms with Gasteiger partial charge in [-0.05, 0) is 50.4 Å². The number of piperidine rings is 1. The van der Waals surface area contributed by atoms with Crippen molar-refractivity contribution < 1.29 is 0 Å². The van der Waals surface area contributed by atoms with Gasteiger partial charge in [-0.2, -0.15) is 0 Å². The van der Waals surface area contributed by atoms with E-state index in [4.69, 9.17) is 0 Å². The van der Waals surface area contributed by atoms with Gasteiger partial charge in [0.1, 0.15) is 5.82 Å². The third-order valence-corrected chi connectivity index (χ3v) is 3.94. The predicted molar refractivity (Wildman–Crippen MR) is 81.4 cm³/mol. The predicted octanol–water partition coefficient (Wildman–Crippen LogP) is 3.67. The molecule has 1 aromatic heterocycles. The lowest BCUT2D eigenvalue weighted by molar-refractivity contribution is 0.131. The Labute approximate surface area is 117 Å². The van der Waals surface area contributed by atoms with Crippen molar-refractivity contribution in [1.82, 2.24) is 9.88 Å². The highest BCUT2D eigenvalue weighted by atomic mass is 15.2. The summed E-state index contributed by atoms with van der Waals surface area (Å²) in [5.41, 5.74) is 1.38. The van der Waals surface area contributed by atoms with Crippen molar-refractivity contribution in [3.63, 3.8) is 0 Å². The number of likely N-dealkylation sites (tertiary alicyclic amines) is 1. The SMILES string of the molecule is CCCC1CCCCN1Cc1ccnc(NCC)c1. The maximum Gasteiger partial charge on any atom is 0.126 e. The minimum absolute atomic E-state index is 0.787. The van der Waals surface area contributed by atoms with Gasteiger partial charge in [0.05, 0.1) is 0 Å². The average Bonchev–Trinajstić information content (AvgIpc) is 2.42. The summed E-state index contributed by atoms with van der Waals surface area (Å²) in [6.45, 7) is 7.66. The second-order valence-corrected chi connectivity index (χ2v) is 5.49. The molecule has 1 N–H and O–H groups in total. The third-order valence-electron chi connectivity index (χ3n) is 3.94. The van der Waals surface area contributed by atoms with Crippen molar-refractivity contribution in [3.8, 4) is 0 Å². The highest BCUT2D eigenvalue weighted by molar-refractivity contribution is 5.37. The molecule has 106 valence electrons. The van der Waals surface area contributed by atoms with Gasteiger partial charge in [0.2, 0.25) is 0 Å². The molecule has 1 aromatic rings. The minimum Gasteiger partial charge on any atom is -0.370 e. The van der Waals surface area contributed by atoms with E-state index in [1.807, 2.05) is 6.20 Å². The number of hydrogen-bond donors (Lipinski definition) is 1. The van der Waals surface area contributed by atoms with Crippen molar-refractivity contribution in [3.05, 3.63) is 23.9 Å². The summed E-state index contributed by atoms with van der Waals surface area (Å²) in [5.74, 6) is 1.00. The molecule has 19 heavy (non-hydrogen) atoms. The number of rotatable bonds is 6. The van der Waals surface area contributed by atoms with Crippen molar-refractivity contribution in [2.24, 2.45) is 0 Å². The van der Waals surface area contributed by atoms with Crippen molar-refractivity contribution in [1.29, 1.82) is 0 Å². The van der Waals surface area contributed by atoms with E-state index in [-0.39, 0.29) is 0 Å². The Morgan fingerprint density at radius 2 is 2.26 bits per heavy atom. The van der Waals surface area contributed by atoms with Crippen LogP contribution < -0.4 is 5.32 Å². The van der Waals surface area contributed by atoms with Gasteiger partial charge in [-0.1, -0.05) is 19.8 Å². The molecule has 1 aliphatic heterocycles.